The summed E-state index contributed by atoms with van der Waals surface area (Å²) in [6.07, 6.45) is 0. The van der Waals surface area contributed by atoms with E-state index in [2.05, 4.69) is 10.1 Å². The molecule has 0 radical (unpaired) electrons. The molecule has 0 amide bonds. The molecule has 2 rings (SSSR count). The van der Waals surface area contributed by atoms with E-state index in [4.69, 9.17) is 4.74 Å². The standard InChI is InChI=1S/C16H16F2N2O4/c1-10-7-12(20(21)22)4-5-13(10)19-9-11-3-6-14(23-2)15(8-11)24-16(17)18/h3-8,16,19H,9H2,1-2H3. The number of aryl methyl sites for hydroxylation is 1. The first-order chi connectivity index (χ1) is 11.4. The lowest BCUT2D eigenvalue weighted by atomic mass is 10.1. The van der Waals surface area contributed by atoms with Crippen molar-refractivity contribution in [3.8, 4) is 11.5 Å². The van der Waals surface area contributed by atoms with Crippen LogP contribution >= 0.6 is 0 Å². The third kappa shape index (κ3) is 4.31. The van der Waals surface area contributed by atoms with E-state index >= 15 is 0 Å². The molecule has 0 aliphatic heterocycles. The lowest BCUT2D eigenvalue weighted by Crippen LogP contribution is -2.06. The van der Waals surface area contributed by atoms with Crippen molar-refractivity contribution >= 4 is 11.4 Å². The van der Waals surface area contributed by atoms with E-state index in [0.717, 1.165) is 0 Å². The number of ether oxygens (including phenoxy) is 2. The highest BCUT2D eigenvalue weighted by Crippen LogP contribution is 2.30. The number of halogens is 2. The molecule has 0 heterocycles. The Bertz CT molecular complexity index is 738. The van der Waals surface area contributed by atoms with Crippen molar-refractivity contribution in [2.24, 2.45) is 0 Å². The third-order valence-corrected chi connectivity index (χ3v) is 3.35. The topological polar surface area (TPSA) is 73.6 Å². The summed E-state index contributed by atoms with van der Waals surface area (Å²) in [5.41, 5.74) is 2.13. The van der Waals surface area contributed by atoms with Gasteiger partial charge in [-0.2, -0.15) is 8.78 Å². The first-order valence-electron chi connectivity index (χ1n) is 7.01. The molecule has 0 unspecified atom stereocenters. The van der Waals surface area contributed by atoms with Gasteiger partial charge in [-0.25, -0.2) is 0 Å². The molecule has 0 spiro atoms. The van der Waals surface area contributed by atoms with Crippen LogP contribution in [-0.2, 0) is 6.54 Å². The van der Waals surface area contributed by atoms with Crippen LogP contribution in [0.1, 0.15) is 11.1 Å². The van der Waals surface area contributed by atoms with E-state index < -0.39 is 11.5 Å². The van der Waals surface area contributed by atoms with E-state index in [1.165, 1.54) is 31.4 Å². The molecule has 2 aromatic carbocycles. The Morgan fingerprint density at radius 2 is 1.96 bits per heavy atom. The summed E-state index contributed by atoms with van der Waals surface area (Å²) >= 11 is 0. The molecule has 8 heteroatoms. The second kappa shape index (κ2) is 7.58. The van der Waals surface area contributed by atoms with Crippen molar-refractivity contribution in [2.45, 2.75) is 20.1 Å². The number of nitro groups is 1. The van der Waals surface area contributed by atoms with Gasteiger partial charge in [0.1, 0.15) is 0 Å². The number of hydrogen-bond acceptors (Lipinski definition) is 5. The zero-order chi connectivity index (χ0) is 17.7. The maximum atomic E-state index is 12.4. The number of benzene rings is 2. The zero-order valence-corrected chi connectivity index (χ0v) is 13.1. The molecule has 0 bridgehead atoms. The summed E-state index contributed by atoms with van der Waals surface area (Å²) in [5, 5.41) is 13.8. The van der Waals surface area contributed by atoms with Gasteiger partial charge in [0.2, 0.25) is 0 Å². The van der Waals surface area contributed by atoms with E-state index in [1.807, 2.05) is 0 Å². The Hall–Kier alpha value is -2.90. The molecule has 6 nitrogen and oxygen atoms in total. The average molecular weight is 338 g/mol. The van der Waals surface area contributed by atoms with E-state index in [-0.39, 0.29) is 17.2 Å². The number of hydrogen-bond donors (Lipinski definition) is 1. The van der Waals surface area contributed by atoms with Crippen LogP contribution in [0.3, 0.4) is 0 Å². The molecule has 2 aromatic rings. The monoisotopic (exact) mass is 338 g/mol. The smallest absolute Gasteiger partial charge is 0.387 e. The Morgan fingerprint density at radius 1 is 1.21 bits per heavy atom. The van der Waals surface area contributed by atoms with Gasteiger partial charge >= 0.3 is 6.61 Å². The third-order valence-electron chi connectivity index (χ3n) is 3.35. The summed E-state index contributed by atoms with van der Waals surface area (Å²) in [7, 11) is 1.37. The van der Waals surface area contributed by atoms with Crippen molar-refractivity contribution < 1.29 is 23.2 Å². The van der Waals surface area contributed by atoms with Gasteiger partial charge in [0.05, 0.1) is 12.0 Å². The van der Waals surface area contributed by atoms with Gasteiger partial charge in [0.15, 0.2) is 11.5 Å². The SMILES string of the molecule is COc1ccc(CNc2ccc([N+](=O)[O-])cc2C)cc1OC(F)F. The number of non-ortho nitro benzene ring substituents is 1. The Balaban J connectivity index is 2.13. The predicted molar refractivity (Wildman–Crippen MR) is 84.8 cm³/mol. The van der Waals surface area contributed by atoms with Gasteiger partial charge in [0.25, 0.3) is 5.69 Å². The van der Waals surface area contributed by atoms with Gasteiger partial charge in [0, 0.05) is 24.4 Å². The average Bonchev–Trinajstić information content (AvgIpc) is 2.53. The molecule has 1 N–H and O–H groups in total. The molecular weight excluding hydrogens is 322 g/mol. The van der Waals surface area contributed by atoms with E-state index in [1.54, 1.807) is 19.1 Å². The van der Waals surface area contributed by atoms with Crippen LogP contribution in [0.15, 0.2) is 36.4 Å². The van der Waals surface area contributed by atoms with Crippen LogP contribution in [0.25, 0.3) is 0 Å². The first-order valence-corrected chi connectivity index (χ1v) is 7.01. The van der Waals surface area contributed by atoms with Gasteiger partial charge < -0.3 is 14.8 Å². The van der Waals surface area contributed by atoms with Crippen LogP contribution in [0.2, 0.25) is 0 Å². The minimum Gasteiger partial charge on any atom is -0.493 e. The van der Waals surface area contributed by atoms with Crippen LogP contribution < -0.4 is 14.8 Å². The van der Waals surface area contributed by atoms with Gasteiger partial charge in [-0.15, -0.1) is 0 Å². The van der Waals surface area contributed by atoms with Crippen molar-refractivity contribution in [1.29, 1.82) is 0 Å². The normalized spacial score (nSPS) is 10.5. The fraction of sp³-hybridized carbons (Fsp3) is 0.250. The van der Waals surface area contributed by atoms with Crippen molar-refractivity contribution in [3.63, 3.8) is 0 Å². The number of methoxy groups -OCH3 is 1. The molecule has 0 aromatic heterocycles. The van der Waals surface area contributed by atoms with E-state index in [9.17, 15) is 18.9 Å². The molecule has 0 aliphatic rings. The summed E-state index contributed by atoms with van der Waals surface area (Å²) in [6.45, 7) is -0.865. The highest BCUT2D eigenvalue weighted by Gasteiger charge is 2.12. The van der Waals surface area contributed by atoms with Crippen LogP contribution in [0.5, 0.6) is 11.5 Å². The molecule has 0 fully saturated rings. The van der Waals surface area contributed by atoms with Crippen LogP contribution in [0, 0.1) is 17.0 Å². The minimum absolute atomic E-state index is 0.00937. The number of nitrogens with one attached hydrogen (secondary N) is 1. The minimum atomic E-state index is -2.95. The Labute approximate surface area is 137 Å². The summed E-state index contributed by atoms with van der Waals surface area (Å²) in [6, 6.07) is 9.17. The van der Waals surface area contributed by atoms with Gasteiger partial charge in [-0.05, 0) is 36.2 Å². The number of rotatable bonds is 7. The van der Waals surface area contributed by atoms with Crippen molar-refractivity contribution in [2.75, 3.05) is 12.4 Å². The molecule has 0 saturated carbocycles. The Morgan fingerprint density at radius 3 is 2.54 bits per heavy atom. The van der Waals surface area contributed by atoms with E-state index in [0.29, 0.717) is 23.4 Å². The molecule has 128 valence electrons. The highest BCUT2D eigenvalue weighted by molar-refractivity contribution is 5.56. The molecule has 0 aliphatic carbocycles. The predicted octanol–water partition coefficient (Wildman–Crippen LogP) is 4.13. The fourth-order valence-corrected chi connectivity index (χ4v) is 2.18. The summed E-state index contributed by atoms with van der Waals surface area (Å²) in [4.78, 5) is 10.3. The lowest BCUT2D eigenvalue weighted by molar-refractivity contribution is -0.384. The maximum absolute atomic E-state index is 12.4. The van der Waals surface area contributed by atoms with Gasteiger partial charge in [-0.1, -0.05) is 6.07 Å². The summed E-state index contributed by atoms with van der Waals surface area (Å²) in [5.74, 6) is 0.165. The lowest BCUT2D eigenvalue weighted by Gasteiger charge is -2.13. The largest absolute Gasteiger partial charge is 0.493 e. The molecule has 0 saturated heterocycles. The van der Waals surface area contributed by atoms with Gasteiger partial charge in [-0.3, -0.25) is 10.1 Å². The number of nitrogens with zero attached hydrogens (tertiary/aromatic N) is 1. The zero-order valence-electron chi connectivity index (χ0n) is 13.1. The summed E-state index contributed by atoms with van der Waals surface area (Å²) < 4.78 is 34.3. The number of alkyl halides is 2. The molecule has 0 atom stereocenters. The molecular formula is C16H16F2N2O4. The highest BCUT2D eigenvalue weighted by atomic mass is 19.3. The Kier molecular flexibility index (Phi) is 5.51. The first kappa shape index (κ1) is 17.5. The molecule has 24 heavy (non-hydrogen) atoms. The number of nitro benzene ring substituents is 1. The quantitative estimate of drug-likeness (QED) is 0.607. The van der Waals surface area contributed by atoms with Crippen LogP contribution in [0.4, 0.5) is 20.2 Å². The van der Waals surface area contributed by atoms with Crippen molar-refractivity contribution in [3.05, 3.63) is 57.6 Å². The second-order valence-corrected chi connectivity index (χ2v) is 4.97. The van der Waals surface area contributed by atoms with Crippen molar-refractivity contribution in [1.82, 2.24) is 0 Å². The second-order valence-electron chi connectivity index (χ2n) is 4.97. The fourth-order valence-electron chi connectivity index (χ4n) is 2.18. The number of anilines is 1. The maximum Gasteiger partial charge on any atom is 0.387 e. The van der Waals surface area contributed by atoms with Crippen LogP contribution in [-0.4, -0.2) is 18.6 Å².